The van der Waals surface area contributed by atoms with Crippen LogP contribution < -0.4 is 0 Å². The Morgan fingerprint density at radius 2 is 0.589 bits per heavy atom. The molecule has 16 aromatic carbocycles. The van der Waals surface area contributed by atoms with Gasteiger partial charge in [-0.1, -0.05) is 224 Å². The van der Waals surface area contributed by atoms with E-state index >= 15 is 0 Å². The van der Waals surface area contributed by atoms with Gasteiger partial charge in [-0.05, 0) is 292 Å². The minimum Gasteiger partial charge on any atom is -0.309 e. The number of nitrogens with zero attached hydrogens (tertiary/aromatic N) is 8. The number of fused-ring (bicyclic) bond motifs is 24. The second kappa shape index (κ2) is 25.3. The summed E-state index contributed by atoms with van der Waals surface area (Å²) in [5.41, 5.74) is 31.5. The first kappa shape index (κ1) is 68.6. The molecule has 8 saturated carbocycles. The summed E-state index contributed by atoms with van der Waals surface area (Å²) in [7, 11) is 0. The number of aromatic nitrogens is 8. The molecule has 22 aromatic rings. The molecular formula is C116H84N8. The summed E-state index contributed by atoms with van der Waals surface area (Å²) in [6.07, 6.45) is 17.8. The Bertz CT molecular complexity index is 8350. The molecule has 8 fully saturated rings. The van der Waals surface area contributed by atoms with Crippen molar-refractivity contribution < 1.29 is 0 Å². The third-order valence-electron chi connectivity index (χ3n) is 32.3. The van der Waals surface area contributed by atoms with Gasteiger partial charge < -0.3 is 9.13 Å². The number of benzene rings is 16. The van der Waals surface area contributed by atoms with Gasteiger partial charge in [-0.2, -0.15) is 0 Å². The molecule has 10 aliphatic carbocycles. The molecule has 0 unspecified atom stereocenters. The molecule has 8 nitrogen and oxygen atoms in total. The smallest absolute Gasteiger partial charge is 0.235 e. The van der Waals surface area contributed by atoms with Crippen molar-refractivity contribution in [3.63, 3.8) is 0 Å². The highest BCUT2D eigenvalue weighted by Crippen LogP contribution is 2.72. The van der Waals surface area contributed by atoms with Gasteiger partial charge in [-0.25, -0.2) is 19.9 Å². The van der Waals surface area contributed by atoms with Crippen molar-refractivity contribution in [2.75, 3.05) is 0 Å². The molecule has 8 bridgehead atoms. The molecular weight excluding hydrogens is 1510 g/mol. The summed E-state index contributed by atoms with van der Waals surface area (Å²) >= 11 is 0. The lowest BCUT2D eigenvalue weighted by Crippen LogP contribution is -2.55. The zero-order valence-corrected chi connectivity index (χ0v) is 68.6. The number of hydrogen-bond donors (Lipinski definition) is 0. The average molecular weight is 1590 g/mol. The summed E-state index contributed by atoms with van der Waals surface area (Å²) in [6.45, 7) is 0. The highest BCUT2D eigenvalue weighted by Gasteiger charge is 2.63. The molecule has 0 saturated heterocycles. The highest BCUT2D eigenvalue weighted by molar-refractivity contribution is 6.17. The van der Waals surface area contributed by atoms with Crippen LogP contribution in [0.1, 0.15) is 86.5 Å². The fourth-order valence-electron chi connectivity index (χ4n) is 28.0. The predicted octanol–water partition coefficient (Wildman–Crippen LogP) is 28.7. The fourth-order valence-corrected chi connectivity index (χ4v) is 28.0. The van der Waals surface area contributed by atoms with Gasteiger partial charge in [0.05, 0.1) is 55.2 Å². The van der Waals surface area contributed by atoms with Gasteiger partial charge in [-0.3, -0.25) is 9.13 Å². The van der Waals surface area contributed by atoms with E-state index in [4.69, 9.17) is 19.9 Å². The van der Waals surface area contributed by atoms with Crippen LogP contribution in [-0.2, 0) is 10.8 Å². The van der Waals surface area contributed by atoms with Crippen molar-refractivity contribution in [2.24, 2.45) is 47.3 Å². The van der Waals surface area contributed by atoms with Crippen LogP contribution in [0.25, 0.3) is 198 Å². The van der Waals surface area contributed by atoms with E-state index in [1.54, 1.807) is 28.6 Å². The lowest BCUT2D eigenvalue weighted by molar-refractivity contribution is -0.0399. The third kappa shape index (κ3) is 9.26. The van der Waals surface area contributed by atoms with Crippen LogP contribution in [0.5, 0.6) is 0 Å². The molecule has 2 spiro atoms. The molecule has 6 heterocycles. The van der Waals surface area contributed by atoms with Crippen LogP contribution >= 0.6 is 0 Å². The monoisotopic (exact) mass is 1590 g/mol. The van der Waals surface area contributed by atoms with Crippen LogP contribution in [0.3, 0.4) is 0 Å². The van der Waals surface area contributed by atoms with E-state index in [-0.39, 0.29) is 10.8 Å². The van der Waals surface area contributed by atoms with Crippen molar-refractivity contribution >= 4 is 131 Å². The molecule has 0 atom stereocenters. The van der Waals surface area contributed by atoms with E-state index in [0.29, 0.717) is 5.95 Å². The zero-order chi connectivity index (χ0) is 80.5. The molecule has 588 valence electrons. The van der Waals surface area contributed by atoms with Gasteiger partial charge in [0.15, 0.2) is 0 Å². The SMILES string of the molecule is c1ccc2c(c1)-c1ccc(-n3c4ccccc4c4cc(-c5ccc6c(c5)c5ccccc5n6-c5ncc6ccc7ccccc7c6n5)ccc43)cc1C21C2CC3CC(C2)CC1C3.c1ccc2c(c1)-c1ccc(-n3c4ccccc4c4cc(-c5ccc6c(c5)c5ccccc5n6-c5ncnc6c5ccc5ccccc56)ccc43)cc1C21C2CC3CC(C2)CC1C3. The quantitative estimate of drug-likeness (QED) is 0.156. The van der Waals surface area contributed by atoms with Crippen molar-refractivity contribution in [3.8, 4) is 67.6 Å². The van der Waals surface area contributed by atoms with Crippen molar-refractivity contribution in [1.82, 2.24) is 38.2 Å². The molecule has 10 aliphatic rings. The summed E-state index contributed by atoms with van der Waals surface area (Å²) < 4.78 is 9.65. The van der Waals surface area contributed by atoms with Gasteiger partial charge in [0.2, 0.25) is 5.95 Å². The molecule has 124 heavy (non-hydrogen) atoms. The maximum atomic E-state index is 5.24. The van der Waals surface area contributed by atoms with Crippen LogP contribution in [0.4, 0.5) is 0 Å². The third-order valence-corrected chi connectivity index (χ3v) is 32.3. The van der Waals surface area contributed by atoms with E-state index in [9.17, 15) is 0 Å². The zero-order valence-electron chi connectivity index (χ0n) is 68.6. The Balaban J connectivity index is 0.000000124. The first-order valence-electron chi connectivity index (χ1n) is 45.3. The molecule has 0 radical (unpaired) electrons. The normalized spacial score (nSPS) is 22.3. The Labute approximate surface area is 716 Å². The molecule has 32 rings (SSSR count). The van der Waals surface area contributed by atoms with Gasteiger partial charge >= 0.3 is 0 Å². The lowest BCUT2D eigenvalue weighted by Gasteiger charge is -2.61. The van der Waals surface area contributed by atoms with Gasteiger partial charge in [0.1, 0.15) is 12.1 Å². The molecule has 0 N–H and O–H groups in total. The van der Waals surface area contributed by atoms with Crippen molar-refractivity contribution in [2.45, 2.75) is 75.0 Å². The second-order valence-electron chi connectivity index (χ2n) is 38.0. The molecule has 6 aromatic heterocycles. The number of hydrogen-bond acceptors (Lipinski definition) is 4. The van der Waals surface area contributed by atoms with E-state index in [0.717, 1.165) is 108 Å². The first-order chi connectivity index (χ1) is 61.4. The van der Waals surface area contributed by atoms with E-state index in [1.165, 1.54) is 196 Å². The van der Waals surface area contributed by atoms with Crippen LogP contribution in [0, 0.1) is 47.3 Å². The lowest BCUT2D eigenvalue weighted by atomic mass is 9.43. The number of rotatable bonds is 6. The first-order valence-corrected chi connectivity index (χ1v) is 45.3. The summed E-state index contributed by atoms with van der Waals surface area (Å²) in [5.74, 6) is 8.24. The Morgan fingerprint density at radius 3 is 1.06 bits per heavy atom. The van der Waals surface area contributed by atoms with Crippen molar-refractivity contribution in [1.29, 1.82) is 0 Å². The van der Waals surface area contributed by atoms with Crippen LogP contribution in [0.2, 0.25) is 0 Å². The second-order valence-corrected chi connectivity index (χ2v) is 38.0. The summed E-state index contributed by atoms with van der Waals surface area (Å²) in [6, 6.07) is 123. The van der Waals surface area contributed by atoms with Crippen LogP contribution in [-0.4, -0.2) is 38.2 Å². The Morgan fingerprint density at radius 1 is 0.234 bits per heavy atom. The minimum atomic E-state index is 0.137. The molecule has 8 heteroatoms. The van der Waals surface area contributed by atoms with Crippen molar-refractivity contribution in [3.05, 3.63) is 362 Å². The van der Waals surface area contributed by atoms with E-state index in [2.05, 4.69) is 346 Å². The Hall–Kier alpha value is -14.1. The number of para-hydroxylation sites is 4. The van der Waals surface area contributed by atoms with Gasteiger partial charge in [-0.15, -0.1) is 0 Å². The van der Waals surface area contributed by atoms with E-state index < -0.39 is 0 Å². The molecule has 0 amide bonds. The maximum absolute atomic E-state index is 5.24. The highest BCUT2D eigenvalue weighted by atomic mass is 15.2. The predicted molar refractivity (Wildman–Crippen MR) is 509 cm³/mol. The van der Waals surface area contributed by atoms with Crippen LogP contribution in [0.15, 0.2) is 340 Å². The Kier molecular flexibility index (Phi) is 14.0. The van der Waals surface area contributed by atoms with Gasteiger partial charge in [0, 0.05) is 93.0 Å². The minimum absolute atomic E-state index is 0.137. The largest absolute Gasteiger partial charge is 0.309 e. The summed E-state index contributed by atoms with van der Waals surface area (Å²) in [4.78, 5) is 19.9. The standard InChI is InChI=1S/2C58H42N4/c1-2-10-42-36(9-1)17-21-47-56(42)59-33-60-57(47)62-53-16-8-5-13-46(53)49-31-38(19-24-55(49)62)37-18-23-54-48(30-37)45-12-4-7-15-52(45)61(54)41-20-22-44-43-11-3-6-14-50(43)58(51(44)32-41)39-26-34-25-35(28-39)29-40(58)27-34;1-2-10-43-36(9-1)17-18-39-33-59-57(60-56(39)43)62-53-16-8-5-13-47(53)49-31-38(20-24-55(49)62)37-19-23-54-48(30-37)46-12-4-7-15-52(46)61(54)42-21-22-45-44-11-3-6-14-50(44)58(51(45)32-42)40-26-34-25-35(28-40)29-41(58)27-34/h1-24,30-35,39-40H,25-29H2;1-24,30-35,40-41H,25-29H2. The molecule has 0 aliphatic heterocycles. The van der Waals surface area contributed by atoms with Gasteiger partial charge in [0.25, 0.3) is 0 Å². The average Bonchev–Trinajstić information content (AvgIpc) is 1.47. The topological polar surface area (TPSA) is 71.3 Å². The maximum Gasteiger partial charge on any atom is 0.235 e. The summed E-state index contributed by atoms with van der Waals surface area (Å²) in [5, 5.41) is 16.7. The van der Waals surface area contributed by atoms with E-state index in [1.807, 2.05) is 6.20 Å². The fraction of sp³-hybridized carbons (Fsp3) is 0.172.